The highest BCUT2D eigenvalue weighted by Gasteiger charge is 2.52. The fourth-order valence-electron chi connectivity index (χ4n) is 6.98. The number of furan rings is 1. The van der Waals surface area contributed by atoms with Gasteiger partial charge in [-0.3, -0.25) is 4.79 Å². The smallest absolute Gasteiger partial charge is 0.410 e. The molecule has 0 unspecified atom stereocenters. The largest absolute Gasteiger partial charge is 0.467 e. The van der Waals surface area contributed by atoms with Crippen molar-refractivity contribution in [3.8, 4) is 0 Å². The van der Waals surface area contributed by atoms with Gasteiger partial charge < -0.3 is 15.1 Å². The monoisotopic (exact) mass is 434 g/mol. The van der Waals surface area contributed by atoms with Crippen molar-refractivity contribution in [1.82, 2.24) is 15.1 Å². The molecule has 2 N–H and O–H groups in total. The van der Waals surface area contributed by atoms with E-state index in [4.69, 9.17) is 4.42 Å². The number of rotatable bonds is 3. The summed E-state index contributed by atoms with van der Waals surface area (Å²) < 4.78 is 47.7. The van der Waals surface area contributed by atoms with Crippen LogP contribution < -0.4 is 10.6 Å². The molecule has 4 saturated carbocycles. The number of amides is 1. The number of alkyl halides is 3. The molecule has 0 aromatic carbocycles. The molecule has 1 amide bonds. The molecule has 4 aliphatic carbocycles. The van der Waals surface area contributed by atoms with Crippen molar-refractivity contribution >= 4 is 11.7 Å². The van der Waals surface area contributed by atoms with E-state index in [0.717, 1.165) is 23.9 Å². The van der Waals surface area contributed by atoms with Crippen molar-refractivity contribution in [2.45, 2.75) is 68.7 Å². The third-order valence-corrected chi connectivity index (χ3v) is 7.79. The minimum absolute atomic E-state index is 0.109. The zero-order valence-corrected chi connectivity index (χ0v) is 17.0. The number of aromatic nitrogens is 2. The van der Waals surface area contributed by atoms with Crippen LogP contribution in [-0.2, 0) is 0 Å². The molecule has 0 spiro atoms. The molecule has 31 heavy (non-hydrogen) atoms. The maximum Gasteiger partial charge on any atom is 0.410 e. The standard InChI is InChI=1S/C22H25F3N4O2/c23-22(24,25)18-7-16(17-2-1-3-31-17)27-19-15(11-26-29(18)19)20(30)28-21-8-12-4-13(9-21)6-14(5-12)10-21/h1-3,11-14,16,18,27H,4-10H2,(H,28,30)/t12?,13?,14?,16-,18+,21?/m0/s1. The van der Waals surface area contributed by atoms with Crippen LogP contribution in [-0.4, -0.2) is 27.4 Å². The van der Waals surface area contributed by atoms with E-state index < -0.39 is 18.3 Å². The van der Waals surface area contributed by atoms with Gasteiger partial charge in [0.15, 0.2) is 6.04 Å². The molecule has 166 valence electrons. The predicted octanol–water partition coefficient (Wildman–Crippen LogP) is 4.84. The minimum Gasteiger partial charge on any atom is -0.467 e. The number of anilines is 1. The van der Waals surface area contributed by atoms with Crippen LogP contribution in [0.1, 0.15) is 73.1 Å². The molecule has 2 aromatic heterocycles. The van der Waals surface area contributed by atoms with Crippen molar-refractivity contribution in [3.63, 3.8) is 0 Å². The molecule has 2 aromatic rings. The Hall–Kier alpha value is -2.45. The van der Waals surface area contributed by atoms with Crippen molar-refractivity contribution in [2.75, 3.05) is 5.32 Å². The molecule has 7 rings (SSSR count). The lowest BCUT2D eigenvalue weighted by molar-refractivity contribution is -0.174. The van der Waals surface area contributed by atoms with Gasteiger partial charge in [-0.1, -0.05) is 0 Å². The first-order valence-corrected chi connectivity index (χ1v) is 11.1. The number of hydrogen-bond donors (Lipinski definition) is 2. The highest BCUT2D eigenvalue weighted by molar-refractivity contribution is 5.99. The third kappa shape index (κ3) is 3.15. The minimum atomic E-state index is -4.48. The van der Waals surface area contributed by atoms with Crippen LogP contribution >= 0.6 is 0 Å². The highest BCUT2D eigenvalue weighted by atomic mass is 19.4. The van der Waals surface area contributed by atoms with E-state index in [2.05, 4.69) is 15.7 Å². The van der Waals surface area contributed by atoms with Gasteiger partial charge in [-0.2, -0.15) is 18.3 Å². The van der Waals surface area contributed by atoms with Gasteiger partial charge in [0.2, 0.25) is 0 Å². The molecule has 0 saturated heterocycles. The van der Waals surface area contributed by atoms with Crippen LogP contribution in [0.3, 0.4) is 0 Å². The van der Waals surface area contributed by atoms with Crippen LogP contribution in [0.4, 0.5) is 19.0 Å². The number of carbonyl (C=O) groups excluding carboxylic acids is 1. The van der Waals surface area contributed by atoms with E-state index in [1.54, 1.807) is 12.1 Å². The fourth-order valence-corrected chi connectivity index (χ4v) is 6.98. The maximum atomic E-state index is 13.8. The third-order valence-electron chi connectivity index (χ3n) is 7.79. The summed E-state index contributed by atoms with van der Waals surface area (Å²) in [4.78, 5) is 13.3. The number of nitrogens with zero attached hydrogens (tertiary/aromatic N) is 2. The lowest BCUT2D eigenvalue weighted by atomic mass is 9.53. The summed E-state index contributed by atoms with van der Waals surface area (Å²) in [7, 11) is 0. The first-order valence-electron chi connectivity index (χ1n) is 11.1. The number of halogens is 3. The Bertz CT molecular complexity index is 962. The zero-order valence-electron chi connectivity index (χ0n) is 17.0. The van der Waals surface area contributed by atoms with Crippen molar-refractivity contribution in [1.29, 1.82) is 0 Å². The van der Waals surface area contributed by atoms with Gasteiger partial charge in [-0.25, -0.2) is 4.68 Å². The van der Waals surface area contributed by atoms with Gasteiger partial charge in [0, 0.05) is 12.0 Å². The Labute approximate surface area is 177 Å². The Kier molecular flexibility index (Phi) is 4.05. The first kappa shape index (κ1) is 19.3. The molecule has 6 nitrogen and oxygen atoms in total. The summed E-state index contributed by atoms with van der Waals surface area (Å²) in [6.45, 7) is 0. The van der Waals surface area contributed by atoms with Gasteiger partial charge in [-0.15, -0.1) is 0 Å². The van der Waals surface area contributed by atoms with Crippen molar-refractivity contribution in [2.24, 2.45) is 17.8 Å². The summed E-state index contributed by atoms with van der Waals surface area (Å²) in [5, 5.41) is 10.3. The molecular weight excluding hydrogens is 409 g/mol. The van der Waals surface area contributed by atoms with Gasteiger partial charge >= 0.3 is 6.18 Å². The van der Waals surface area contributed by atoms with E-state index in [0.29, 0.717) is 23.5 Å². The summed E-state index contributed by atoms with van der Waals surface area (Å²) in [6.07, 6.45) is 4.63. The molecule has 9 heteroatoms. The maximum absolute atomic E-state index is 13.8. The molecule has 1 aliphatic heterocycles. The summed E-state index contributed by atoms with van der Waals surface area (Å²) in [5.74, 6) is 2.15. The highest BCUT2D eigenvalue weighted by Crippen LogP contribution is 2.55. The predicted molar refractivity (Wildman–Crippen MR) is 105 cm³/mol. The zero-order chi connectivity index (χ0) is 21.4. The lowest BCUT2D eigenvalue weighted by Crippen LogP contribution is -2.59. The Balaban J connectivity index is 1.31. The fraction of sp³-hybridized carbons (Fsp3) is 0.636. The van der Waals surface area contributed by atoms with Crippen LogP contribution in [0, 0.1) is 17.8 Å². The van der Waals surface area contributed by atoms with E-state index >= 15 is 0 Å². The number of fused-ring (bicyclic) bond motifs is 1. The second kappa shape index (κ2) is 6.53. The van der Waals surface area contributed by atoms with Crippen LogP contribution in [0.5, 0.6) is 0 Å². The quantitative estimate of drug-likeness (QED) is 0.726. The number of carbonyl (C=O) groups is 1. The lowest BCUT2D eigenvalue weighted by Gasteiger charge is -2.56. The SMILES string of the molecule is O=C(NC12CC3CC(CC(C3)C1)C2)c1cnn2c1N[C@H](c1ccco1)C[C@@H]2C(F)(F)F. The van der Waals surface area contributed by atoms with Crippen LogP contribution in [0.15, 0.2) is 29.0 Å². The Morgan fingerprint density at radius 1 is 1.16 bits per heavy atom. The van der Waals surface area contributed by atoms with E-state index in [-0.39, 0.29) is 29.2 Å². The van der Waals surface area contributed by atoms with Gasteiger partial charge in [0.1, 0.15) is 17.1 Å². The Morgan fingerprint density at radius 2 is 1.84 bits per heavy atom. The number of nitrogens with one attached hydrogen (secondary N) is 2. The number of hydrogen-bond acceptors (Lipinski definition) is 4. The van der Waals surface area contributed by atoms with Gasteiger partial charge in [0.25, 0.3) is 5.91 Å². The average Bonchev–Trinajstić information content (AvgIpc) is 3.35. The van der Waals surface area contributed by atoms with Crippen molar-refractivity contribution in [3.05, 3.63) is 35.9 Å². The topological polar surface area (TPSA) is 72.1 Å². The average molecular weight is 434 g/mol. The Morgan fingerprint density at radius 3 is 2.42 bits per heavy atom. The van der Waals surface area contributed by atoms with E-state index in [9.17, 15) is 18.0 Å². The van der Waals surface area contributed by atoms with Gasteiger partial charge in [-0.05, 0) is 68.4 Å². The second-order valence-electron chi connectivity index (χ2n) is 10.0. The summed E-state index contributed by atoms with van der Waals surface area (Å²) in [6, 6.07) is 0.787. The molecule has 0 radical (unpaired) electrons. The normalized spacial score (nSPS) is 36.2. The van der Waals surface area contributed by atoms with E-state index in [1.165, 1.54) is 31.7 Å². The van der Waals surface area contributed by atoms with Crippen molar-refractivity contribution < 1.29 is 22.4 Å². The molecule has 5 aliphatic rings. The summed E-state index contributed by atoms with van der Waals surface area (Å²) in [5.41, 5.74) is -0.0552. The molecular formula is C22H25F3N4O2. The van der Waals surface area contributed by atoms with Crippen LogP contribution in [0.25, 0.3) is 0 Å². The first-order chi connectivity index (χ1) is 14.8. The summed E-state index contributed by atoms with van der Waals surface area (Å²) >= 11 is 0. The molecule has 4 fully saturated rings. The molecule has 3 heterocycles. The van der Waals surface area contributed by atoms with Crippen LogP contribution in [0.2, 0.25) is 0 Å². The van der Waals surface area contributed by atoms with E-state index in [1.807, 2.05) is 0 Å². The van der Waals surface area contributed by atoms with Gasteiger partial charge in [0.05, 0.1) is 18.5 Å². The second-order valence-corrected chi connectivity index (χ2v) is 10.0. The molecule has 4 bridgehead atoms. The molecule has 2 atom stereocenters.